The predicted molar refractivity (Wildman–Crippen MR) is 300 cm³/mol. The normalized spacial score (nSPS) is 13.9. The molecule has 1 heterocycles. The number of hydrogen-bond donors (Lipinski definition) is 0. The number of anilines is 3. The predicted octanol–water partition coefficient (Wildman–Crippen LogP) is 18.2. The second-order valence-corrected chi connectivity index (χ2v) is 20.3. The Morgan fingerprint density at radius 2 is 0.833 bits per heavy atom. The Labute approximate surface area is 420 Å². The zero-order chi connectivity index (χ0) is 47.7. The Hall–Kier alpha value is -8.98. The second kappa shape index (κ2) is 15.3. The second-order valence-electron chi connectivity index (χ2n) is 20.3. The van der Waals surface area contributed by atoms with E-state index in [0.717, 1.165) is 17.1 Å². The SMILES string of the molecule is CC1(C)c2cc(N(c3ccc(-c4ccccc4)cc3-c3ccccc3)c3cccc4c3-c3ccccc3C43c4ccccc4-c4ccccc43)ccc2-c2ccc(-n3c4ccccc4c4ccccc43)cc21. The van der Waals surface area contributed by atoms with Crippen LogP contribution in [0.15, 0.2) is 255 Å². The van der Waals surface area contributed by atoms with Crippen LogP contribution >= 0.6 is 0 Å². The van der Waals surface area contributed by atoms with Gasteiger partial charge in [0.1, 0.15) is 0 Å². The van der Waals surface area contributed by atoms with E-state index < -0.39 is 5.41 Å². The topological polar surface area (TPSA) is 8.17 Å². The van der Waals surface area contributed by atoms with Crippen LogP contribution in [0.2, 0.25) is 0 Å². The minimum atomic E-state index is -0.476. The van der Waals surface area contributed by atoms with E-state index in [1.807, 2.05) is 0 Å². The van der Waals surface area contributed by atoms with Gasteiger partial charge in [-0.05, 0) is 132 Å². The molecule has 0 atom stereocenters. The van der Waals surface area contributed by atoms with Crippen molar-refractivity contribution in [2.24, 2.45) is 0 Å². The number of hydrogen-bond acceptors (Lipinski definition) is 1. The van der Waals surface area contributed by atoms with Gasteiger partial charge in [-0.2, -0.15) is 0 Å². The van der Waals surface area contributed by atoms with Gasteiger partial charge in [-0.3, -0.25) is 0 Å². The Kier molecular flexibility index (Phi) is 8.66. The molecule has 3 aliphatic rings. The third-order valence-electron chi connectivity index (χ3n) is 16.4. The van der Waals surface area contributed by atoms with E-state index in [-0.39, 0.29) is 5.41 Å². The van der Waals surface area contributed by atoms with E-state index in [9.17, 15) is 0 Å². The van der Waals surface area contributed by atoms with Gasteiger partial charge in [-0.25, -0.2) is 0 Å². The van der Waals surface area contributed by atoms with E-state index in [1.165, 1.54) is 117 Å². The Balaban J connectivity index is 0.977. The van der Waals surface area contributed by atoms with Gasteiger partial charge in [0, 0.05) is 38.7 Å². The fourth-order valence-corrected chi connectivity index (χ4v) is 13.3. The lowest BCUT2D eigenvalue weighted by molar-refractivity contribution is 0.660. The van der Waals surface area contributed by atoms with Crippen molar-refractivity contribution in [1.29, 1.82) is 0 Å². The molecule has 72 heavy (non-hydrogen) atoms. The molecule has 2 nitrogen and oxygen atoms in total. The smallest absolute Gasteiger partial charge is 0.0726 e. The highest BCUT2D eigenvalue weighted by molar-refractivity contribution is 6.09. The van der Waals surface area contributed by atoms with Crippen LogP contribution in [0.4, 0.5) is 17.1 Å². The maximum absolute atomic E-state index is 2.58. The molecule has 0 radical (unpaired) electrons. The zero-order valence-electron chi connectivity index (χ0n) is 40.1. The van der Waals surface area contributed by atoms with Crippen LogP contribution < -0.4 is 4.90 Å². The molecule has 1 spiro atoms. The Bertz CT molecular complexity index is 4090. The summed E-state index contributed by atoms with van der Waals surface area (Å²) in [6.07, 6.45) is 0. The molecule has 0 bridgehead atoms. The molecule has 0 saturated heterocycles. The van der Waals surface area contributed by atoms with Crippen molar-refractivity contribution < 1.29 is 0 Å². The lowest BCUT2D eigenvalue weighted by Crippen LogP contribution is -2.26. The summed E-state index contributed by atoms with van der Waals surface area (Å²) in [5, 5.41) is 2.55. The van der Waals surface area contributed by atoms with Crippen LogP contribution in [-0.2, 0) is 10.8 Å². The van der Waals surface area contributed by atoms with Crippen LogP contribution in [0, 0.1) is 0 Å². The summed E-state index contributed by atoms with van der Waals surface area (Å²) >= 11 is 0. The highest BCUT2D eigenvalue weighted by atomic mass is 15.1. The summed E-state index contributed by atoms with van der Waals surface area (Å²) in [4.78, 5) is 2.58. The van der Waals surface area contributed by atoms with Gasteiger partial charge >= 0.3 is 0 Å². The van der Waals surface area contributed by atoms with Gasteiger partial charge in [0.15, 0.2) is 0 Å². The number of benzene rings is 11. The molecule has 12 aromatic rings. The molecule has 338 valence electrons. The van der Waals surface area contributed by atoms with Crippen molar-refractivity contribution in [3.63, 3.8) is 0 Å². The standard InChI is InChI=1S/C70H48N2/c1-69(2)62-43-48(71-64-33-17-12-26-54(64)55-27-13-18-34-65(55)71)37-39-52(62)53-40-38-49(44-63(53)69)72(66-41-36-47(45-20-5-3-6-21-45)42-57(66)46-22-7-4-8-23-46)67-35-19-32-61-68(67)56-28-11-16-31-60(56)70(61)58-29-14-9-24-50(58)51-25-10-15-30-59(51)70/h3-44H,1-2H3. The van der Waals surface area contributed by atoms with Crippen molar-refractivity contribution in [2.75, 3.05) is 4.90 Å². The lowest BCUT2D eigenvalue weighted by atomic mass is 9.70. The van der Waals surface area contributed by atoms with Crippen LogP contribution in [0.1, 0.15) is 47.2 Å². The third kappa shape index (κ3) is 5.55. The summed E-state index contributed by atoms with van der Waals surface area (Å²) in [6, 6.07) is 95.4. The number of aromatic nitrogens is 1. The number of rotatable bonds is 6. The van der Waals surface area contributed by atoms with Crippen molar-refractivity contribution in [3.8, 4) is 61.3 Å². The first kappa shape index (κ1) is 40.9. The van der Waals surface area contributed by atoms with Gasteiger partial charge in [0.2, 0.25) is 0 Å². The molecular formula is C70H48N2. The summed E-state index contributed by atoms with van der Waals surface area (Å²) in [5.74, 6) is 0. The summed E-state index contributed by atoms with van der Waals surface area (Å²) in [6.45, 7) is 4.83. The van der Waals surface area contributed by atoms with Crippen LogP contribution in [0.3, 0.4) is 0 Å². The first-order chi connectivity index (χ1) is 35.5. The van der Waals surface area contributed by atoms with Crippen molar-refractivity contribution in [2.45, 2.75) is 24.7 Å². The van der Waals surface area contributed by atoms with E-state index in [1.54, 1.807) is 0 Å². The van der Waals surface area contributed by atoms with Crippen LogP contribution in [-0.4, -0.2) is 4.57 Å². The molecule has 0 amide bonds. The maximum atomic E-state index is 2.58. The number of nitrogens with zero attached hydrogens (tertiary/aromatic N) is 2. The number of fused-ring (bicyclic) bond motifs is 16. The molecule has 2 heteroatoms. The van der Waals surface area contributed by atoms with E-state index >= 15 is 0 Å². The molecule has 0 aliphatic heterocycles. The lowest BCUT2D eigenvalue weighted by Gasteiger charge is -2.33. The third-order valence-corrected chi connectivity index (χ3v) is 16.4. The fourth-order valence-electron chi connectivity index (χ4n) is 13.3. The van der Waals surface area contributed by atoms with Crippen molar-refractivity contribution >= 4 is 38.9 Å². The highest BCUT2D eigenvalue weighted by Gasteiger charge is 2.52. The van der Waals surface area contributed by atoms with Crippen LogP contribution in [0.5, 0.6) is 0 Å². The summed E-state index contributed by atoms with van der Waals surface area (Å²) < 4.78 is 2.45. The molecular weight excluding hydrogens is 869 g/mol. The average Bonchev–Trinajstić information content (AvgIpc) is 4.12. The van der Waals surface area contributed by atoms with Crippen LogP contribution in [0.25, 0.3) is 83.1 Å². The molecule has 0 saturated carbocycles. The van der Waals surface area contributed by atoms with Gasteiger partial charge in [-0.1, -0.05) is 214 Å². The largest absolute Gasteiger partial charge is 0.309 e. The Morgan fingerprint density at radius 3 is 1.50 bits per heavy atom. The average molecular weight is 917 g/mol. The molecule has 15 rings (SSSR count). The quantitative estimate of drug-likeness (QED) is 0.161. The van der Waals surface area contributed by atoms with Crippen molar-refractivity contribution in [1.82, 2.24) is 4.57 Å². The Morgan fingerprint density at radius 1 is 0.319 bits per heavy atom. The molecule has 0 unspecified atom stereocenters. The maximum Gasteiger partial charge on any atom is 0.0726 e. The molecule has 1 aromatic heterocycles. The molecule has 3 aliphatic carbocycles. The minimum Gasteiger partial charge on any atom is -0.309 e. The number of para-hydroxylation sites is 2. The summed E-state index contributed by atoms with van der Waals surface area (Å²) in [5.41, 5.74) is 26.7. The molecule has 11 aromatic carbocycles. The van der Waals surface area contributed by atoms with E-state index in [0.29, 0.717) is 0 Å². The van der Waals surface area contributed by atoms with Gasteiger partial charge < -0.3 is 9.47 Å². The van der Waals surface area contributed by atoms with Gasteiger partial charge in [0.25, 0.3) is 0 Å². The first-order valence-corrected chi connectivity index (χ1v) is 25.3. The van der Waals surface area contributed by atoms with E-state index in [4.69, 9.17) is 0 Å². The minimum absolute atomic E-state index is 0.299. The monoisotopic (exact) mass is 916 g/mol. The first-order valence-electron chi connectivity index (χ1n) is 25.3. The highest BCUT2D eigenvalue weighted by Crippen LogP contribution is 2.65. The molecule has 0 fully saturated rings. The zero-order valence-corrected chi connectivity index (χ0v) is 40.1. The van der Waals surface area contributed by atoms with Gasteiger partial charge in [-0.15, -0.1) is 0 Å². The van der Waals surface area contributed by atoms with E-state index in [2.05, 4.69) is 278 Å². The van der Waals surface area contributed by atoms with Crippen molar-refractivity contribution in [3.05, 3.63) is 288 Å². The summed E-state index contributed by atoms with van der Waals surface area (Å²) in [7, 11) is 0. The fraction of sp³-hybridized carbons (Fsp3) is 0.0571. The van der Waals surface area contributed by atoms with Gasteiger partial charge in [0.05, 0.1) is 27.8 Å². The molecule has 0 N–H and O–H groups in total.